The highest BCUT2D eigenvalue weighted by Gasteiger charge is 2.08. The summed E-state index contributed by atoms with van der Waals surface area (Å²) in [7, 11) is 4.02. The summed E-state index contributed by atoms with van der Waals surface area (Å²) in [4.78, 5) is 25.9. The number of carbonyl (C=O) groups is 2. The number of rotatable bonds is 8. The second-order valence-electron chi connectivity index (χ2n) is 6.22. The zero-order valence-electron chi connectivity index (χ0n) is 14.8. The Kier molecular flexibility index (Phi) is 7.16. The summed E-state index contributed by atoms with van der Waals surface area (Å²) in [6.07, 6.45) is 0.278. The molecule has 0 unspecified atom stereocenters. The summed E-state index contributed by atoms with van der Waals surface area (Å²) in [5.74, 6) is -0.351. The molecule has 2 aromatic rings. The molecule has 5 heteroatoms. The topological polar surface area (TPSA) is 61.4 Å². The summed E-state index contributed by atoms with van der Waals surface area (Å²) in [6, 6.07) is 17.5. The first-order valence-electron chi connectivity index (χ1n) is 8.33. The molecule has 5 nitrogen and oxygen atoms in total. The van der Waals surface area contributed by atoms with Crippen LogP contribution >= 0.6 is 0 Å². The molecule has 25 heavy (non-hydrogen) atoms. The van der Waals surface area contributed by atoms with Gasteiger partial charge in [-0.2, -0.15) is 0 Å². The number of hydrogen-bond acceptors (Lipinski definition) is 3. The van der Waals surface area contributed by atoms with Crippen LogP contribution in [0.5, 0.6) is 0 Å². The maximum Gasteiger partial charge on any atom is 0.239 e. The van der Waals surface area contributed by atoms with E-state index in [0.717, 1.165) is 17.7 Å². The van der Waals surface area contributed by atoms with Crippen molar-refractivity contribution in [2.45, 2.75) is 19.5 Å². The summed E-state index contributed by atoms with van der Waals surface area (Å²) >= 11 is 0. The summed E-state index contributed by atoms with van der Waals surface area (Å²) in [6.45, 7) is 1.26. The van der Waals surface area contributed by atoms with Crippen LogP contribution in [0.4, 0.5) is 0 Å². The van der Waals surface area contributed by atoms with Crippen molar-refractivity contribution in [1.29, 1.82) is 0 Å². The van der Waals surface area contributed by atoms with Gasteiger partial charge < -0.3 is 15.5 Å². The molecule has 0 fully saturated rings. The quantitative estimate of drug-likeness (QED) is 0.770. The third-order valence-electron chi connectivity index (χ3n) is 3.73. The number of amides is 2. The fraction of sp³-hybridized carbons (Fsp3) is 0.300. The van der Waals surface area contributed by atoms with Gasteiger partial charge in [0.15, 0.2) is 0 Å². The Labute approximate surface area is 149 Å². The van der Waals surface area contributed by atoms with Crippen LogP contribution in [-0.4, -0.2) is 37.4 Å². The minimum Gasteiger partial charge on any atom is -0.350 e. The molecular formula is C20H25N3O2. The van der Waals surface area contributed by atoms with E-state index in [0.29, 0.717) is 6.54 Å². The Morgan fingerprint density at radius 3 is 2.16 bits per heavy atom. The van der Waals surface area contributed by atoms with Crippen LogP contribution in [0, 0.1) is 0 Å². The Morgan fingerprint density at radius 2 is 1.48 bits per heavy atom. The van der Waals surface area contributed by atoms with Gasteiger partial charge >= 0.3 is 0 Å². The van der Waals surface area contributed by atoms with Gasteiger partial charge in [-0.3, -0.25) is 9.59 Å². The monoisotopic (exact) mass is 339 g/mol. The lowest BCUT2D eigenvalue weighted by Crippen LogP contribution is -2.37. The van der Waals surface area contributed by atoms with E-state index in [9.17, 15) is 9.59 Å². The first-order chi connectivity index (χ1) is 12.0. The molecule has 0 atom stereocenters. The molecular weight excluding hydrogens is 314 g/mol. The van der Waals surface area contributed by atoms with Crippen LogP contribution in [0.1, 0.15) is 16.7 Å². The Balaban J connectivity index is 1.76. The molecule has 0 bridgehead atoms. The standard InChI is InChI=1S/C20H25N3O2/c1-23(2)15-18-11-7-6-10-17(18)13-21-20(25)14-22-19(24)12-16-8-4-3-5-9-16/h3-11H,12-15H2,1-2H3,(H,21,25)(H,22,24). The maximum atomic E-state index is 12.0. The Bertz CT molecular complexity index is 699. The van der Waals surface area contributed by atoms with Crippen LogP contribution < -0.4 is 10.6 Å². The highest BCUT2D eigenvalue weighted by molar-refractivity contribution is 5.85. The van der Waals surface area contributed by atoms with Gasteiger partial charge in [-0.15, -0.1) is 0 Å². The second kappa shape index (κ2) is 9.59. The predicted octanol–water partition coefficient (Wildman–Crippen LogP) is 1.72. The van der Waals surface area contributed by atoms with Gasteiger partial charge in [0.05, 0.1) is 13.0 Å². The molecule has 0 aliphatic rings. The largest absolute Gasteiger partial charge is 0.350 e. The van der Waals surface area contributed by atoms with Crippen LogP contribution in [0.15, 0.2) is 54.6 Å². The van der Waals surface area contributed by atoms with E-state index < -0.39 is 0 Å². The lowest BCUT2D eigenvalue weighted by atomic mass is 10.1. The molecule has 0 saturated heterocycles. The van der Waals surface area contributed by atoms with Crippen molar-refractivity contribution in [3.05, 3.63) is 71.3 Å². The number of nitrogens with zero attached hydrogens (tertiary/aromatic N) is 1. The third kappa shape index (κ3) is 6.77. The van der Waals surface area contributed by atoms with Crippen molar-refractivity contribution in [1.82, 2.24) is 15.5 Å². The zero-order chi connectivity index (χ0) is 18.1. The van der Waals surface area contributed by atoms with Gasteiger partial charge in [-0.1, -0.05) is 54.6 Å². The van der Waals surface area contributed by atoms with Crippen molar-refractivity contribution in [3.63, 3.8) is 0 Å². The minimum atomic E-state index is -0.193. The summed E-state index contributed by atoms with van der Waals surface area (Å²) < 4.78 is 0. The van der Waals surface area contributed by atoms with Crippen molar-refractivity contribution in [2.75, 3.05) is 20.6 Å². The van der Waals surface area contributed by atoms with E-state index >= 15 is 0 Å². The van der Waals surface area contributed by atoms with E-state index in [2.05, 4.69) is 21.6 Å². The van der Waals surface area contributed by atoms with Gasteiger partial charge in [-0.25, -0.2) is 0 Å². The van der Waals surface area contributed by atoms with Crippen molar-refractivity contribution in [3.8, 4) is 0 Å². The lowest BCUT2D eigenvalue weighted by Gasteiger charge is -2.14. The first kappa shape index (κ1) is 18.7. The average molecular weight is 339 g/mol. The molecule has 2 N–H and O–H groups in total. The highest BCUT2D eigenvalue weighted by atomic mass is 16.2. The van der Waals surface area contributed by atoms with Crippen LogP contribution in [0.25, 0.3) is 0 Å². The van der Waals surface area contributed by atoms with E-state index in [1.807, 2.05) is 62.6 Å². The van der Waals surface area contributed by atoms with Gasteiger partial charge in [-0.05, 0) is 30.8 Å². The molecule has 0 aliphatic carbocycles. The summed E-state index contributed by atoms with van der Waals surface area (Å²) in [5, 5.41) is 5.51. The molecule has 2 aromatic carbocycles. The molecule has 0 spiro atoms. The smallest absolute Gasteiger partial charge is 0.239 e. The molecule has 132 valence electrons. The van der Waals surface area contributed by atoms with E-state index in [-0.39, 0.29) is 24.8 Å². The van der Waals surface area contributed by atoms with Gasteiger partial charge in [0.1, 0.15) is 0 Å². The van der Waals surface area contributed by atoms with E-state index in [1.165, 1.54) is 5.56 Å². The molecule has 2 rings (SSSR count). The molecule has 0 radical (unpaired) electrons. The lowest BCUT2D eigenvalue weighted by molar-refractivity contribution is -0.125. The number of carbonyl (C=O) groups excluding carboxylic acids is 2. The third-order valence-corrected chi connectivity index (χ3v) is 3.73. The van der Waals surface area contributed by atoms with Crippen molar-refractivity contribution >= 4 is 11.8 Å². The average Bonchev–Trinajstić information content (AvgIpc) is 2.59. The van der Waals surface area contributed by atoms with Crippen molar-refractivity contribution < 1.29 is 9.59 Å². The van der Waals surface area contributed by atoms with E-state index in [4.69, 9.17) is 0 Å². The van der Waals surface area contributed by atoms with Crippen molar-refractivity contribution in [2.24, 2.45) is 0 Å². The highest BCUT2D eigenvalue weighted by Crippen LogP contribution is 2.10. The van der Waals surface area contributed by atoms with Crippen LogP contribution in [0.3, 0.4) is 0 Å². The first-order valence-corrected chi connectivity index (χ1v) is 8.33. The van der Waals surface area contributed by atoms with Crippen LogP contribution in [0.2, 0.25) is 0 Å². The fourth-order valence-corrected chi connectivity index (χ4v) is 2.50. The van der Waals surface area contributed by atoms with Gasteiger partial charge in [0.2, 0.25) is 11.8 Å². The molecule has 2 amide bonds. The molecule has 0 heterocycles. The summed E-state index contributed by atoms with van der Waals surface area (Å²) in [5.41, 5.74) is 3.19. The van der Waals surface area contributed by atoms with Gasteiger partial charge in [0.25, 0.3) is 0 Å². The number of nitrogens with one attached hydrogen (secondary N) is 2. The SMILES string of the molecule is CN(C)Cc1ccccc1CNC(=O)CNC(=O)Cc1ccccc1. The zero-order valence-corrected chi connectivity index (χ0v) is 14.8. The van der Waals surface area contributed by atoms with Gasteiger partial charge in [0, 0.05) is 13.1 Å². The normalized spacial score (nSPS) is 10.5. The van der Waals surface area contributed by atoms with Crippen LogP contribution in [-0.2, 0) is 29.1 Å². The molecule has 0 aliphatic heterocycles. The predicted molar refractivity (Wildman–Crippen MR) is 98.8 cm³/mol. The second-order valence-corrected chi connectivity index (χ2v) is 6.22. The maximum absolute atomic E-state index is 12.0. The number of benzene rings is 2. The minimum absolute atomic E-state index is 0.0124. The fourth-order valence-electron chi connectivity index (χ4n) is 2.50. The Morgan fingerprint density at radius 1 is 0.840 bits per heavy atom. The number of hydrogen-bond donors (Lipinski definition) is 2. The Hall–Kier alpha value is -2.66. The van der Waals surface area contributed by atoms with E-state index in [1.54, 1.807) is 0 Å². The molecule has 0 saturated carbocycles. The molecule has 0 aromatic heterocycles.